The molecule has 0 aliphatic rings. The van der Waals surface area contributed by atoms with Gasteiger partial charge in [0.25, 0.3) is 0 Å². The van der Waals surface area contributed by atoms with Crippen molar-refractivity contribution in [2.24, 2.45) is 0 Å². The van der Waals surface area contributed by atoms with Gasteiger partial charge in [-0.1, -0.05) is 12.1 Å². The van der Waals surface area contributed by atoms with Crippen LogP contribution in [0.4, 0.5) is 8.78 Å². The van der Waals surface area contributed by atoms with Crippen molar-refractivity contribution < 1.29 is 23.5 Å². The van der Waals surface area contributed by atoms with E-state index in [1.54, 1.807) is 18.2 Å². The molecular weight excluding hydrogens is 396 g/mol. The average molecular weight is 408 g/mol. The number of aliphatic carboxylic acids is 1. The molecule has 0 aliphatic heterocycles. The summed E-state index contributed by atoms with van der Waals surface area (Å²) in [5.41, 5.74) is 0.817. The van der Waals surface area contributed by atoms with Crippen LogP contribution in [0.3, 0.4) is 0 Å². The third kappa shape index (κ3) is 3.32. The molecule has 1 atom stereocenters. The molecule has 0 saturated heterocycles. The van der Waals surface area contributed by atoms with Gasteiger partial charge in [0.15, 0.2) is 5.78 Å². The topological polar surface area (TPSA) is 70.2 Å². The summed E-state index contributed by atoms with van der Waals surface area (Å²) in [4.78, 5) is 27.0. The number of ketones is 1. The molecule has 1 unspecified atom stereocenters. The van der Waals surface area contributed by atoms with E-state index in [1.165, 1.54) is 6.20 Å². The highest BCUT2D eigenvalue weighted by molar-refractivity contribution is 9.10. The Morgan fingerprint density at radius 2 is 1.96 bits per heavy atom. The van der Waals surface area contributed by atoms with Gasteiger partial charge in [-0.3, -0.25) is 9.59 Å². The smallest absolute Gasteiger partial charge is 0.311 e. The lowest BCUT2D eigenvalue weighted by Gasteiger charge is -2.11. The number of Topliss-reactive ketones (excluding diaryl/α,β-unsaturated/α-hetero) is 1. The number of fused-ring (bicyclic) bond motifs is 1. The van der Waals surface area contributed by atoms with Crippen LogP contribution in [0.15, 0.2) is 47.1 Å². The van der Waals surface area contributed by atoms with Crippen LogP contribution in [-0.4, -0.2) is 21.8 Å². The predicted octanol–water partition coefficient (Wildman–Crippen LogP) is 4.65. The fourth-order valence-corrected chi connectivity index (χ4v) is 3.25. The average Bonchev–Trinajstić information content (AvgIpc) is 2.97. The molecule has 0 spiro atoms. The Kier molecular flexibility index (Phi) is 4.67. The number of carboxylic acids is 1. The first-order chi connectivity index (χ1) is 11.9. The second kappa shape index (κ2) is 6.76. The van der Waals surface area contributed by atoms with Crippen LogP contribution in [0.5, 0.6) is 0 Å². The summed E-state index contributed by atoms with van der Waals surface area (Å²) in [6.07, 6.45) is 1.10. The maximum absolute atomic E-state index is 13.8. The molecule has 1 heterocycles. The van der Waals surface area contributed by atoms with Crippen molar-refractivity contribution >= 4 is 38.6 Å². The zero-order chi connectivity index (χ0) is 18.1. The van der Waals surface area contributed by atoms with Crippen LogP contribution in [-0.2, 0) is 4.79 Å². The Hall–Kier alpha value is -2.54. The number of rotatable bonds is 5. The van der Waals surface area contributed by atoms with Gasteiger partial charge in [-0.25, -0.2) is 8.78 Å². The highest BCUT2D eigenvalue weighted by atomic mass is 79.9. The summed E-state index contributed by atoms with van der Waals surface area (Å²) in [5.74, 6) is -4.85. The van der Waals surface area contributed by atoms with Crippen molar-refractivity contribution in [2.75, 3.05) is 0 Å². The molecule has 3 rings (SSSR count). The number of carboxylic acid groups (broad SMARTS) is 1. The zero-order valence-corrected chi connectivity index (χ0v) is 14.3. The molecule has 2 aromatic carbocycles. The lowest BCUT2D eigenvalue weighted by atomic mass is 9.91. The molecule has 1 aromatic heterocycles. The largest absolute Gasteiger partial charge is 0.481 e. The van der Waals surface area contributed by atoms with E-state index in [1.807, 2.05) is 0 Å². The van der Waals surface area contributed by atoms with E-state index in [9.17, 15) is 23.5 Å². The van der Waals surface area contributed by atoms with Gasteiger partial charge < -0.3 is 10.1 Å². The van der Waals surface area contributed by atoms with Crippen LogP contribution in [0.25, 0.3) is 10.9 Å². The van der Waals surface area contributed by atoms with Crippen molar-refractivity contribution in [1.82, 2.24) is 4.98 Å². The van der Waals surface area contributed by atoms with E-state index in [2.05, 4.69) is 20.9 Å². The number of carbonyl (C=O) groups excluding carboxylic acids is 1. The molecule has 25 heavy (non-hydrogen) atoms. The van der Waals surface area contributed by atoms with E-state index < -0.39 is 35.7 Å². The molecule has 0 fully saturated rings. The minimum Gasteiger partial charge on any atom is -0.481 e. The molecular formula is C18H12BrF2NO3. The Bertz CT molecular complexity index is 984. The van der Waals surface area contributed by atoms with Crippen molar-refractivity contribution in [3.63, 3.8) is 0 Å². The van der Waals surface area contributed by atoms with Gasteiger partial charge in [-0.2, -0.15) is 0 Å². The lowest BCUT2D eigenvalue weighted by Crippen LogP contribution is -2.17. The lowest BCUT2D eigenvalue weighted by molar-refractivity contribution is -0.138. The molecule has 128 valence electrons. The standard InChI is InChI=1S/C18H12BrF2NO3/c19-14-3-1-2-10-13(8-22-17(10)14)12(18(24)25)7-16(23)11-5-4-9(20)6-15(11)21/h1-6,8,12,22H,7H2,(H,24,25). The first-order valence-electron chi connectivity index (χ1n) is 7.35. The Labute approximate surface area is 149 Å². The predicted molar refractivity (Wildman–Crippen MR) is 91.7 cm³/mol. The molecule has 0 saturated carbocycles. The monoisotopic (exact) mass is 407 g/mol. The molecule has 0 bridgehead atoms. The van der Waals surface area contributed by atoms with Gasteiger partial charge >= 0.3 is 5.97 Å². The number of hydrogen-bond donors (Lipinski definition) is 2. The fraction of sp³-hybridized carbons (Fsp3) is 0.111. The van der Waals surface area contributed by atoms with Gasteiger partial charge in [0.1, 0.15) is 11.6 Å². The molecule has 3 aromatic rings. The maximum atomic E-state index is 13.8. The number of hydrogen-bond acceptors (Lipinski definition) is 2. The van der Waals surface area contributed by atoms with E-state index in [0.717, 1.165) is 16.6 Å². The summed E-state index contributed by atoms with van der Waals surface area (Å²) in [5, 5.41) is 10.2. The third-order valence-electron chi connectivity index (χ3n) is 3.99. The highest BCUT2D eigenvalue weighted by Gasteiger charge is 2.27. The highest BCUT2D eigenvalue weighted by Crippen LogP contribution is 2.32. The molecule has 0 aliphatic carbocycles. The van der Waals surface area contributed by atoms with Crippen LogP contribution < -0.4 is 0 Å². The molecule has 0 amide bonds. The van der Waals surface area contributed by atoms with Crippen LogP contribution >= 0.6 is 15.9 Å². The van der Waals surface area contributed by atoms with E-state index in [0.29, 0.717) is 22.5 Å². The van der Waals surface area contributed by atoms with Crippen molar-refractivity contribution in [3.8, 4) is 0 Å². The van der Waals surface area contributed by atoms with Crippen LogP contribution in [0, 0.1) is 11.6 Å². The number of halogens is 3. The third-order valence-corrected chi connectivity index (χ3v) is 4.65. The van der Waals surface area contributed by atoms with Gasteiger partial charge in [-0.05, 0) is 39.7 Å². The zero-order valence-electron chi connectivity index (χ0n) is 12.7. The van der Waals surface area contributed by atoms with Gasteiger partial charge in [-0.15, -0.1) is 0 Å². The summed E-state index contributed by atoms with van der Waals surface area (Å²) >= 11 is 3.37. The number of nitrogens with one attached hydrogen (secondary N) is 1. The number of para-hydroxylation sites is 1. The Morgan fingerprint density at radius 1 is 1.20 bits per heavy atom. The number of aromatic nitrogens is 1. The van der Waals surface area contributed by atoms with Gasteiger partial charge in [0.2, 0.25) is 0 Å². The van der Waals surface area contributed by atoms with E-state index in [4.69, 9.17) is 0 Å². The normalized spacial score (nSPS) is 12.3. The fourth-order valence-electron chi connectivity index (χ4n) is 2.77. The van der Waals surface area contributed by atoms with Crippen LogP contribution in [0.2, 0.25) is 0 Å². The number of carbonyl (C=O) groups is 2. The van der Waals surface area contributed by atoms with Gasteiger partial charge in [0.05, 0.1) is 17.0 Å². The molecule has 4 nitrogen and oxygen atoms in total. The van der Waals surface area contributed by atoms with Crippen molar-refractivity contribution in [2.45, 2.75) is 12.3 Å². The number of aromatic amines is 1. The van der Waals surface area contributed by atoms with Crippen molar-refractivity contribution in [1.29, 1.82) is 0 Å². The SMILES string of the molecule is O=C(CC(C(=O)O)c1c[nH]c2c(Br)cccc12)c1ccc(F)cc1F. The summed E-state index contributed by atoms with van der Waals surface area (Å²) in [6, 6.07) is 7.89. The second-order valence-corrected chi connectivity index (χ2v) is 6.40. The first-order valence-corrected chi connectivity index (χ1v) is 8.14. The second-order valence-electron chi connectivity index (χ2n) is 5.55. The summed E-state index contributed by atoms with van der Waals surface area (Å²) in [7, 11) is 0. The van der Waals surface area contributed by atoms with Crippen LogP contribution in [0.1, 0.15) is 28.3 Å². The van der Waals surface area contributed by atoms with E-state index >= 15 is 0 Å². The number of benzene rings is 2. The maximum Gasteiger partial charge on any atom is 0.311 e. The van der Waals surface area contributed by atoms with E-state index in [-0.39, 0.29) is 5.56 Å². The molecule has 2 N–H and O–H groups in total. The van der Waals surface area contributed by atoms with Gasteiger partial charge in [0, 0.05) is 28.5 Å². The quantitative estimate of drug-likeness (QED) is 0.604. The minimum absolute atomic E-state index is 0.325. The Balaban J connectivity index is 1.97. The molecule has 0 radical (unpaired) electrons. The minimum atomic E-state index is -1.20. The van der Waals surface area contributed by atoms with Crippen molar-refractivity contribution in [3.05, 3.63) is 69.8 Å². The molecule has 7 heteroatoms. The number of H-pyrrole nitrogens is 1. The first kappa shape index (κ1) is 17.3. The summed E-state index contributed by atoms with van der Waals surface area (Å²) in [6.45, 7) is 0. The Morgan fingerprint density at radius 3 is 2.64 bits per heavy atom. The summed E-state index contributed by atoms with van der Waals surface area (Å²) < 4.78 is 27.5.